The first-order valence-corrected chi connectivity index (χ1v) is 7.49. The van der Waals surface area contributed by atoms with Gasteiger partial charge in [0.15, 0.2) is 11.6 Å². The zero-order valence-electron chi connectivity index (χ0n) is 10.5. The van der Waals surface area contributed by atoms with Crippen LogP contribution in [0.2, 0.25) is 0 Å². The largest absolute Gasteiger partial charge is 0.380 e. The molecule has 6 atom stereocenters. The molecular formula is C14H14Cl2O4. The lowest BCUT2D eigenvalue weighted by molar-refractivity contribution is -0.174. The molecule has 4 aliphatic carbocycles. The molecule has 108 valence electrons. The molecule has 20 heavy (non-hydrogen) atoms. The molecule has 0 aromatic heterocycles. The number of rotatable bonds is 2. The van der Waals surface area contributed by atoms with E-state index in [1.807, 2.05) is 0 Å². The number of hydrogen-bond donors (Lipinski definition) is 2. The minimum absolute atomic E-state index is 0.267. The highest BCUT2D eigenvalue weighted by atomic mass is 35.5. The van der Waals surface area contributed by atoms with Crippen LogP contribution in [-0.2, 0) is 9.59 Å². The minimum Gasteiger partial charge on any atom is -0.380 e. The molecule has 0 aliphatic heterocycles. The first-order valence-electron chi connectivity index (χ1n) is 6.42. The summed E-state index contributed by atoms with van der Waals surface area (Å²) >= 11 is 11.6. The molecule has 0 saturated heterocycles. The van der Waals surface area contributed by atoms with Crippen LogP contribution >= 0.6 is 23.2 Å². The molecule has 1 fully saturated rings. The molecule has 0 amide bonds. The van der Waals surface area contributed by atoms with Crippen LogP contribution in [0.3, 0.4) is 0 Å². The third kappa shape index (κ3) is 1.51. The minimum atomic E-state index is -1.77. The Bertz CT molecular complexity index is 543. The van der Waals surface area contributed by atoms with Gasteiger partial charge in [-0.15, -0.1) is 23.2 Å². The summed E-state index contributed by atoms with van der Waals surface area (Å²) in [6.45, 7) is 0. The van der Waals surface area contributed by atoms with Crippen molar-refractivity contribution < 1.29 is 19.8 Å². The van der Waals surface area contributed by atoms with Crippen molar-refractivity contribution in [2.75, 3.05) is 11.8 Å². The summed E-state index contributed by atoms with van der Waals surface area (Å²) in [5, 5.41) is 21.2. The number of hydrogen-bond acceptors (Lipinski definition) is 4. The Morgan fingerprint density at radius 1 is 1.05 bits per heavy atom. The highest BCUT2D eigenvalue weighted by molar-refractivity contribution is 6.22. The monoisotopic (exact) mass is 316 g/mol. The van der Waals surface area contributed by atoms with Crippen LogP contribution in [0.15, 0.2) is 24.3 Å². The molecular weight excluding hydrogens is 303 g/mol. The highest BCUT2D eigenvalue weighted by Gasteiger charge is 2.65. The van der Waals surface area contributed by atoms with Crippen molar-refractivity contribution in [3.05, 3.63) is 24.3 Å². The third-order valence-electron chi connectivity index (χ3n) is 4.88. The zero-order valence-corrected chi connectivity index (χ0v) is 12.0. The summed E-state index contributed by atoms with van der Waals surface area (Å²) in [4.78, 5) is 24.4. The Kier molecular flexibility index (Phi) is 3.14. The first-order chi connectivity index (χ1) is 9.40. The Morgan fingerprint density at radius 2 is 1.70 bits per heavy atom. The van der Waals surface area contributed by atoms with E-state index in [-0.39, 0.29) is 23.5 Å². The third-order valence-corrected chi connectivity index (χ3v) is 5.69. The maximum Gasteiger partial charge on any atom is 0.188 e. The number of allylic oxidation sites excluding steroid dienone is 2. The number of carbonyl (C=O) groups is 2. The summed E-state index contributed by atoms with van der Waals surface area (Å²) in [6.07, 6.45) is 6.33. The fourth-order valence-corrected chi connectivity index (χ4v) is 4.41. The predicted octanol–water partition coefficient (Wildman–Crippen LogP) is 0.682. The van der Waals surface area contributed by atoms with Gasteiger partial charge in [0, 0.05) is 17.8 Å². The van der Waals surface area contributed by atoms with Crippen LogP contribution in [0.5, 0.6) is 0 Å². The van der Waals surface area contributed by atoms with E-state index < -0.39 is 34.7 Å². The van der Waals surface area contributed by atoms with Crippen LogP contribution in [0.25, 0.3) is 0 Å². The molecule has 2 N–H and O–H groups in total. The van der Waals surface area contributed by atoms with Gasteiger partial charge in [0.1, 0.15) is 11.2 Å². The molecule has 4 nitrogen and oxygen atoms in total. The van der Waals surface area contributed by atoms with Gasteiger partial charge in [-0.1, -0.05) is 18.2 Å². The maximum absolute atomic E-state index is 12.4. The molecule has 4 aliphatic rings. The number of alkyl halides is 2. The van der Waals surface area contributed by atoms with Gasteiger partial charge in [-0.05, 0) is 12.0 Å². The number of Topliss-reactive ketones (excluding diaryl/α,β-unsaturated/α-hetero) is 1. The zero-order chi connectivity index (χ0) is 14.7. The van der Waals surface area contributed by atoms with Crippen molar-refractivity contribution in [3.8, 4) is 0 Å². The van der Waals surface area contributed by atoms with E-state index in [9.17, 15) is 19.8 Å². The van der Waals surface area contributed by atoms with E-state index in [1.165, 1.54) is 6.08 Å². The van der Waals surface area contributed by atoms with Crippen LogP contribution in [0, 0.1) is 23.7 Å². The number of aliphatic hydroxyl groups is 2. The second-order valence-corrected chi connectivity index (χ2v) is 6.28. The van der Waals surface area contributed by atoms with Crippen molar-refractivity contribution in [2.24, 2.45) is 23.7 Å². The van der Waals surface area contributed by atoms with E-state index in [2.05, 4.69) is 0 Å². The average molecular weight is 317 g/mol. The van der Waals surface area contributed by atoms with Crippen molar-refractivity contribution >= 4 is 34.8 Å². The highest BCUT2D eigenvalue weighted by Crippen LogP contribution is 2.54. The lowest BCUT2D eigenvalue weighted by Gasteiger charge is -2.56. The van der Waals surface area contributed by atoms with Crippen molar-refractivity contribution in [1.82, 2.24) is 0 Å². The van der Waals surface area contributed by atoms with Gasteiger partial charge in [-0.2, -0.15) is 0 Å². The topological polar surface area (TPSA) is 74.6 Å². The van der Waals surface area contributed by atoms with Gasteiger partial charge in [0.05, 0.1) is 11.8 Å². The van der Waals surface area contributed by atoms with Gasteiger partial charge in [0.25, 0.3) is 0 Å². The normalized spacial score (nSPS) is 49.6. The molecule has 6 heteroatoms. The molecule has 0 aromatic rings. The van der Waals surface area contributed by atoms with E-state index in [1.54, 1.807) is 18.2 Å². The Morgan fingerprint density at radius 3 is 2.30 bits per heavy atom. The lowest BCUT2D eigenvalue weighted by atomic mass is 9.50. The molecule has 0 spiro atoms. The van der Waals surface area contributed by atoms with Crippen LogP contribution in [0.1, 0.15) is 0 Å². The molecule has 0 radical (unpaired) electrons. The first kappa shape index (κ1) is 14.3. The number of fused-ring (bicyclic) bond motifs is 1. The summed E-state index contributed by atoms with van der Waals surface area (Å²) in [7, 11) is 0. The number of ketones is 2. The smallest absolute Gasteiger partial charge is 0.188 e. The standard InChI is InChI=1S/C14H14Cl2O4/c15-5-13(19)9-3-1-8(12(13)18)7-2-4-10(17)14(20,6-16)11(7)9/h1-4,7-9,11,19-20H,5-6H2/t7-,8+,9-,11+,13+,14?/m1/s1. The van der Waals surface area contributed by atoms with E-state index in [0.717, 1.165) is 0 Å². The average Bonchev–Trinajstić information content (AvgIpc) is 2.47. The molecule has 2 bridgehead atoms. The second-order valence-electron chi connectivity index (χ2n) is 5.74. The summed E-state index contributed by atoms with van der Waals surface area (Å²) < 4.78 is 0. The van der Waals surface area contributed by atoms with Crippen LogP contribution in [-0.4, -0.2) is 44.7 Å². The molecule has 0 heterocycles. The van der Waals surface area contributed by atoms with Crippen molar-refractivity contribution in [2.45, 2.75) is 11.2 Å². The summed E-state index contributed by atoms with van der Waals surface area (Å²) in [6, 6.07) is 0. The van der Waals surface area contributed by atoms with Gasteiger partial charge in [-0.25, -0.2) is 0 Å². The Balaban J connectivity index is 2.17. The maximum atomic E-state index is 12.4. The molecule has 1 unspecified atom stereocenters. The SMILES string of the molecule is O=C1C=C[C@H]2[C@@H]([C@H]3C=C[C@@H]2C(=O)[C@]3(O)CCl)C1(O)CCl. The van der Waals surface area contributed by atoms with Gasteiger partial charge < -0.3 is 10.2 Å². The van der Waals surface area contributed by atoms with E-state index >= 15 is 0 Å². The predicted molar refractivity (Wildman–Crippen MR) is 73.6 cm³/mol. The van der Waals surface area contributed by atoms with Crippen LogP contribution < -0.4 is 0 Å². The second kappa shape index (κ2) is 4.41. The van der Waals surface area contributed by atoms with Crippen LogP contribution in [0.4, 0.5) is 0 Å². The van der Waals surface area contributed by atoms with Gasteiger partial charge >= 0.3 is 0 Å². The van der Waals surface area contributed by atoms with Gasteiger partial charge in [-0.3, -0.25) is 9.59 Å². The number of carbonyl (C=O) groups excluding carboxylic acids is 2. The molecule has 1 saturated carbocycles. The Labute approximate surface area is 126 Å². The van der Waals surface area contributed by atoms with Gasteiger partial charge in [0.2, 0.25) is 0 Å². The fourth-order valence-electron chi connectivity index (χ4n) is 3.79. The number of halogens is 2. The fraction of sp³-hybridized carbons (Fsp3) is 0.571. The Hall–Kier alpha value is -0.680. The lowest BCUT2D eigenvalue weighted by Crippen LogP contribution is -2.68. The van der Waals surface area contributed by atoms with Crippen molar-refractivity contribution in [1.29, 1.82) is 0 Å². The quantitative estimate of drug-likeness (QED) is 0.580. The van der Waals surface area contributed by atoms with Crippen molar-refractivity contribution in [3.63, 3.8) is 0 Å². The summed E-state index contributed by atoms with van der Waals surface area (Å²) in [5.41, 5.74) is -3.51. The summed E-state index contributed by atoms with van der Waals surface area (Å²) in [5.74, 6) is -3.63. The molecule has 0 aromatic carbocycles. The molecule has 4 rings (SSSR count). The van der Waals surface area contributed by atoms with E-state index in [0.29, 0.717) is 0 Å². The van der Waals surface area contributed by atoms with E-state index in [4.69, 9.17) is 23.2 Å².